The van der Waals surface area contributed by atoms with E-state index in [1.807, 2.05) is 28.8 Å². The van der Waals surface area contributed by atoms with Gasteiger partial charge in [0, 0.05) is 30.2 Å². The number of benzene rings is 1. The maximum absolute atomic E-state index is 12.4. The molecule has 0 saturated heterocycles. The Kier molecular flexibility index (Phi) is 5.89. The number of methoxy groups -OCH3 is 1. The number of ether oxygens (including phenoxy) is 1. The summed E-state index contributed by atoms with van der Waals surface area (Å²) >= 11 is 0. The van der Waals surface area contributed by atoms with Crippen LogP contribution < -0.4 is 4.74 Å². The number of imidazole rings is 1. The maximum Gasteiger partial charge on any atom is 0.389 e. The Morgan fingerprint density at radius 1 is 1.09 bits per heavy atom. The summed E-state index contributed by atoms with van der Waals surface area (Å²) in [4.78, 5) is 24.9. The zero-order chi connectivity index (χ0) is 22.7. The molecular formula is C23H19F3N4O2. The second kappa shape index (κ2) is 8.78. The van der Waals surface area contributed by atoms with E-state index in [2.05, 4.69) is 15.0 Å². The van der Waals surface area contributed by atoms with Crippen molar-refractivity contribution in [1.29, 1.82) is 0 Å². The van der Waals surface area contributed by atoms with Crippen LogP contribution >= 0.6 is 0 Å². The number of alkyl halides is 3. The van der Waals surface area contributed by atoms with Gasteiger partial charge in [-0.25, -0.2) is 9.97 Å². The molecule has 0 aliphatic rings. The Balaban J connectivity index is 1.57. The highest BCUT2D eigenvalue weighted by atomic mass is 19.4. The summed E-state index contributed by atoms with van der Waals surface area (Å²) < 4.78 is 44.1. The zero-order valence-electron chi connectivity index (χ0n) is 17.1. The Morgan fingerprint density at radius 2 is 1.94 bits per heavy atom. The van der Waals surface area contributed by atoms with Crippen molar-refractivity contribution in [1.82, 2.24) is 19.4 Å². The lowest BCUT2D eigenvalue weighted by Crippen LogP contribution is -2.12. The number of nitrogens with zero attached hydrogens (tertiary/aromatic N) is 4. The third-order valence-corrected chi connectivity index (χ3v) is 4.94. The standard InChI is InChI=1S/C23H19F3N4O2/c1-32-22-14-27-12-19(29-22)16-6-8-30-20(13-28-21(30)11-16)17-4-2-3-15(9-17)10-18(31)5-7-23(24,25)26/h2-4,6,8-9,11-14H,5,7,10H2,1H3. The smallest absolute Gasteiger partial charge is 0.389 e. The minimum atomic E-state index is -4.33. The van der Waals surface area contributed by atoms with Gasteiger partial charge < -0.3 is 4.74 Å². The zero-order valence-corrected chi connectivity index (χ0v) is 17.1. The highest BCUT2D eigenvalue weighted by Gasteiger charge is 2.27. The fourth-order valence-electron chi connectivity index (χ4n) is 3.38. The van der Waals surface area contributed by atoms with E-state index in [9.17, 15) is 18.0 Å². The average Bonchev–Trinajstić information content (AvgIpc) is 3.21. The molecule has 0 saturated carbocycles. The van der Waals surface area contributed by atoms with Crippen LogP contribution in [-0.2, 0) is 11.2 Å². The van der Waals surface area contributed by atoms with Crippen molar-refractivity contribution in [3.05, 3.63) is 66.7 Å². The number of aromatic nitrogens is 4. The van der Waals surface area contributed by atoms with Gasteiger partial charge in [-0.1, -0.05) is 18.2 Å². The van der Waals surface area contributed by atoms with Crippen molar-refractivity contribution in [2.45, 2.75) is 25.4 Å². The number of carbonyl (C=O) groups is 1. The first kappa shape index (κ1) is 21.5. The number of hydrogen-bond acceptors (Lipinski definition) is 5. The van der Waals surface area contributed by atoms with Gasteiger partial charge in [0.25, 0.3) is 0 Å². The van der Waals surface area contributed by atoms with Crippen LogP contribution in [0.25, 0.3) is 28.2 Å². The van der Waals surface area contributed by atoms with Gasteiger partial charge in [0.15, 0.2) is 0 Å². The molecule has 4 aromatic rings. The van der Waals surface area contributed by atoms with Gasteiger partial charge in [0.2, 0.25) is 5.88 Å². The number of ketones is 1. The number of rotatable bonds is 7. The molecule has 0 radical (unpaired) electrons. The van der Waals surface area contributed by atoms with Gasteiger partial charge in [-0.05, 0) is 23.8 Å². The minimum absolute atomic E-state index is 0.0423. The number of carbonyl (C=O) groups excluding carboxylic acids is 1. The number of pyridine rings is 1. The lowest BCUT2D eigenvalue weighted by molar-refractivity contribution is -0.143. The van der Waals surface area contributed by atoms with Crippen molar-refractivity contribution >= 4 is 11.4 Å². The molecule has 9 heteroatoms. The van der Waals surface area contributed by atoms with E-state index in [1.165, 1.54) is 13.3 Å². The normalized spacial score (nSPS) is 11.6. The quantitative estimate of drug-likeness (QED) is 0.408. The molecule has 0 aliphatic carbocycles. The summed E-state index contributed by atoms with van der Waals surface area (Å²) in [5.41, 5.74) is 4.43. The molecule has 0 aliphatic heterocycles. The molecule has 6 nitrogen and oxygen atoms in total. The average molecular weight is 440 g/mol. The monoisotopic (exact) mass is 440 g/mol. The first-order valence-electron chi connectivity index (χ1n) is 9.84. The van der Waals surface area contributed by atoms with Gasteiger partial charge in [-0.15, -0.1) is 0 Å². The van der Waals surface area contributed by atoms with Crippen LogP contribution in [0.1, 0.15) is 18.4 Å². The maximum atomic E-state index is 12.4. The van der Waals surface area contributed by atoms with E-state index in [4.69, 9.17) is 4.74 Å². The number of fused-ring (bicyclic) bond motifs is 1. The second-order valence-electron chi connectivity index (χ2n) is 7.26. The first-order chi connectivity index (χ1) is 15.3. The Hall–Kier alpha value is -3.75. The minimum Gasteiger partial charge on any atom is -0.480 e. The third kappa shape index (κ3) is 4.93. The SMILES string of the molecule is COc1cncc(-c2ccn3c(-c4cccc(CC(=O)CCC(F)(F)F)c4)cnc3c2)n1. The van der Waals surface area contributed by atoms with E-state index in [0.29, 0.717) is 22.8 Å². The Bertz CT molecular complexity index is 1270. The Morgan fingerprint density at radius 3 is 2.72 bits per heavy atom. The predicted molar refractivity (Wildman–Crippen MR) is 112 cm³/mol. The van der Waals surface area contributed by atoms with E-state index < -0.39 is 24.8 Å². The summed E-state index contributed by atoms with van der Waals surface area (Å²) in [6, 6.07) is 10.9. The Labute approximate surface area is 181 Å². The molecule has 0 fully saturated rings. The fraction of sp³-hybridized carbons (Fsp3) is 0.217. The highest BCUT2D eigenvalue weighted by molar-refractivity contribution is 5.81. The summed E-state index contributed by atoms with van der Waals surface area (Å²) in [5, 5.41) is 0. The lowest BCUT2D eigenvalue weighted by Gasteiger charge is -2.08. The molecule has 0 N–H and O–H groups in total. The van der Waals surface area contributed by atoms with Crippen molar-refractivity contribution in [3.63, 3.8) is 0 Å². The molecule has 3 aromatic heterocycles. The molecule has 0 spiro atoms. The molecule has 0 bridgehead atoms. The molecular weight excluding hydrogens is 421 g/mol. The summed E-state index contributed by atoms with van der Waals surface area (Å²) in [6.45, 7) is 0. The van der Waals surface area contributed by atoms with Crippen LogP contribution in [0.3, 0.4) is 0 Å². The van der Waals surface area contributed by atoms with Crippen molar-refractivity contribution in [2.75, 3.05) is 7.11 Å². The third-order valence-electron chi connectivity index (χ3n) is 4.94. The van der Waals surface area contributed by atoms with E-state index >= 15 is 0 Å². The number of Topliss-reactive ketones (excluding diaryl/α,β-unsaturated/α-hetero) is 1. The first-order valence-corrected chi connectivity index (χ1v) is 9.84. The van der Waals surface area contributed by atoms with Crippen LogP contribution in [0.2, 0.25) is 0 Å². The van der Waals surface area contributed by atoms with E-state index in [1.54, 1.807) is 30.6 Å². The van der Waals surface area contributed by atoms with E-state index in [0.717, 1.165) is 16.8 Å². The molecule has 0 amide bonds. The molecule has 3 heterocycles. The van der Waals surface area contributed by atoms with Gasteiger partial charge >= 0.3 is 6.18 Å². The van der Waals surface area contributed by atoms with Crippen LogP contribution in [0.5, 0.6) is 5.88 Å². The number of hydrogen-bond donors (Lipinski definition) is 0. The van der Waals surface area contributed by atoms with Gasteiger partial charge in [0.05, 0.1) is 43.5 Å². The van der Waals surface area contributed by atoms with Crippen LogP contribution in [-0.4, -0.2) is 38.4 Å². The van der Waals surface area contributed by atoms with Crippen LogP contribution in [0.15, 0.2) is 61.2 Å². The van der Waals surface area contributed by atoms with Crippen molar-refractivity contribution < 1.29 is 22.7 Å². The van der Waals surface area contributed by atoms with Crippen molar-refractivity contribution in [2.24, 2.45) is 0 Å². The van der Waals surface area contributed by atoms with Gasteiger partial charge in [0.1, 0.15) is 11.4 Å². The summed E-state index contributed by atoms with van der Waals surface area (Å²) in [6.07, 6.45) is 0.741. The van der Waals surface area contributed by atoms with E-state index in [-0.39, 0.29) is 6.42 Å². The molecule has 1 aromatic carbocycles. The predicted octanol–water partition coefficient (Wildman–Crippen LogP) is 4.92. The molecule has 164 valence electrons. The van der Waals surface area contributed by atoms with Crippen molar-refractivity contribution in [3.8, 4) is 28.4 Å². The largest absolute Gasteiger partial charge is 0.480 e. The summed E-state index contributed by atoms with van der Waals surface area (Å²) in [7, 11) is 1.52. The fourth-order valence-corrected chi connectivity index (χ4v) is 3.38. The lowest BCUT2D eigenvalue weighted by atomic mass is 10.0. The molecule has 0 atom stereocenters. The summed E-state index contributed by atoms with van der Waals surface area (Å²) in [5.74, 6) is -0.0327. The van der Waals surface area contributed by atoms with Gasteiger partial charge in [-0.2, -0.15) is 13.2 Å². The number of halogens is 3. The topological polar surface area (TPSA) is 69.4 Å². The van der Waals surface area contributed by atoms with Crippen LogP contribution in [0, 0.1) is 0 Å². The molecule has 4 rings (SSSR count). The highest BCUT2D eigenvalue weighted by Crippen LogP contribution is 2.26. The molecule has 32 heavy (non-hydrogen) atoms. The van der Waals surface area contributed by atoms with Gasteiger partial charge in [-0.3, -0.25) is 14.2 Å². The second-order valence-corrected chi connectivity index (χ2v) is 7.26. The van der Waals surface area contributed by atoms with Crippen LogP contribution in [0.4, 0.5) is 13.2 Å². The molecule has 0 unspecified atom stereocenters.